The van der Waals surface area contributed by atoms with Crippen LogP contribution in [0.1, 0.15) is 15.9 Å². The SMILES string of the molecule is Cc1ccc(C(=O)OC(C(=O)[O-])C(O)C(=O)[O-])cc1. The van der Waals surface area contributed by atoms with E-state index in [9.17, 15) is 24.6 Å². The first-order valence-electron chi connectivity index (χ1n) is 5.20. The molecule has 0 saturated heterocycles. The van der Waals surface area contributed by atoms with Crippen LogP contribution in [0.25, 0.3) is 0 Å². The molecule has 0 bridgehead atoms. The zero-order valence-corrected chi connectivity index (χ0v) is 9.86. The van der Waals surface area contributed by atoms with E-state index in [0.717, 1.165) is 5.56 Å². The number of ether oxygens (including phenoxy) is 1. The maximum atomic E-state index is 11.6. The minimum atomic E-state index is -2.50. The Balaban J connectivity index is 2.85. The van der Waals surface area contributed by atoms with Crippen LogP contribution in [0.2, 0.25) is 0 Å². The van der Waals surface area contributed by atoms with E-state index in [1.54, 1.807) is 19.1 Å². The number of carbonyl (C=O) groups excluding carboxylic acids is 3. The van der Waals surface area contributed by atoms with Gasteiger partial charge in [0.1, 0.15) is 6.10 Å². The molecule has 0 heterocycles. The van der Waals surface area contributed by atoms with Gasteiger partial charge in [-0.1, -0.05) is 17.7 Å². The molecular weight excluding hydrogens is 256 g/mol. The molecule has 1 N–H and O–H groups in total. The zero-order valence-electron chi connectivity index (χ0n) is 9.86. The number of carboxylic acids is 2. The van der Waals surface area contributed by atoms with E-state index in [4.69, 9.17) is 5.11 Å². The molecular formula is C12H10O7-2. The summed E-state index contributed by atoms with van der Waals surface area (Å²) < 4.78 is 4.39. The zero-order chi connectivity index (χ0) is 14.6. The lowest BCUT2D eigenvalue weighted by Crippen LogP contribution is -2.53. The minimum absolute atomic E-state index is 0.0161. The Morgan fingerprint density at radius 3 is 2.05 bits per heavy atom. The van der Waals surface area contributed by atoms with Crippen molar-refractivity contribution in [2.45, 2.75) is 19.1 Å². The largest absolute Gasteiger partial charge is 0.547 e. The first-order valence-corrected chi connectivity index (χ1v) is 5.20. The maximum Gasteiger partial charge on any atom is 0.338 e. The minimum Gasteiger partial charge on any atom is -0.547 e. The molecule has 2 unspecified atom stereocenters. The fourth-order valence-electron chi connectivity index (χ4n) is 1.24. The molecule has 0 spiro atoms. The number of esters is 1. The number of aliphatic hydroxyl groups excluding tert-OH is 1. The van der Waals surface area contributed by atoms with Gasteiger partial charge in [-0.25, -0.2) is 4.79 Å². The number of carbonyl (C=O) groups is 3. The number of rotatable bonds is 5. The van der Waals surface area contributed by atoms with Crippen molar-refractivity contribution in [3.63, 3.8) is 0 Å². The summed E-state index contributed by atoms with van der Waals surface area (Å²) in [4.78, 5) is 32.6. The van der Waals surface area contributed by atoms with E-state index in [2.05, 4.69) is 4.74 Å². The first kappa shape index (κ1) is 14.7. The summed E-state index contributed by atoms with van der Waals surface area (Å²) in [6.07, 6.45) is -4.83. The second kappa shape index (κ2) is 5.96. The van der Waals surface area contributed by atoms with Gasteiger partial charge in [0.15, 0.2) is 6.10 Å². The molecule has 1 aromatic carbocycles. The van der Waals surface area contributed by atoms with Crippen molar-refractivity contribution in [2.24, 2.45) is 0 Å². The van der Waals surface area contributed by atoms with Gasteiger partial charge in [-0.15, -0.1) is 0 Å². The van der Waals surface area contributed by atoms with Crippen LogP contribution in [0.4, 0.5) is 0 Å². The van der Waals surface area contributed by atoms with Gasteiger partial charge < -0.3 is 29.6 Å². The summed E-state index contributed by atoms with van der Waals surface area (Å²) in [5.41, 5.74) is 0.880. The summed E-state index contributed by atoms with van der Waals surface area (Å²) in [6.45, 7) is 1.78. The van der Waals surface area contributed by atoms with Gasteiger partial charge >= 0.3 is 5.97 Å². The Morgan fingerprint density at radius 2 is 1.63 bits per heavy atom. The molecule has 0 radical (unpaired) electrons. The number of hydrogen-bond donors (Lipinski definition) is 1. The normalized spacial score (nSPS) is 13.4. The molecule has 1 rings (SSSR count). The number of aliphatic hydroxyl groups is 1. The Labute approximate surface area is 108 Å². The van der Waals surface area contributed by atoms with Gasteiger partial charge in [0, 0.05) is 0 Å². The number of aliphatic carboxylic acids is 2. The van der Waals surface area contributed by atoms with Crippen LogP contribution in [-0.2, 0) is 14.3 Å². The molecule has 0 aliphatic heterocycles. The topological polar surface area (TPSA) is 127 Å². The molecule has 19 heavy (non-hydrogen) atoms. The van der Waals surface area contributed by atoms with Gasteiger partial charge in [0.05, 0.1) is 17.5 Å². The van der Waals surface area contributed by atoms with Crippen LogP contribution >= 0.6 is 0 Å². The third kappa shape index (κ3) is 3.78. The maximum absolute atomic E-state index is 11.6. The standard InChI is InChI=1S/C12H12O7/c1-6-2-4-7(5-3-6)12(18)19-9(11(16)17)8(13)10(14)15/h2-5,8-9,13H,1H3,(H,14,15)(H,16,17)/p-2. The Hall–Kier alpha value is -2.41. The van der Waals surface area contributed by atoms with Crippen LogP contribution in [0, 0.1) is 6.92 Å². The molecule has 0 fully saturated rings. The average molecular weight is 266 g/mol. The molecule has 7 nitrogen and oxygen atoms in total. The second-order valence-corrected chi connectivity index (χ2v) is 3.77. The van der Waals surface area contributed by atoms with E-state index in [1.165, 1.54) is 12.1 Å². The van der Waals surface area contributed by atoms with Crippen molar-refractivity contribution >= 4 is 17.9 Å². The smallest absolute Gasteiger partial charge is 0.338 e. The lowest BCUT2D eigenvalue weighted by Gasteiger charge is -2.24. The van der Waals surface area contributed by atoms with E-state index >= 15 is 0 Å². The summed E-state index contributed by atoms with van der Waals surface area (Å²) in [5.74, 6) is -5.20. The Bertz CT molecular complexity index is 491. The van der Waals surface area contributed by atoms with Crippen molar-refractivity contribution in [2.75, 3.05) is 0 Å². The molecule has 0 aliphatic rings. The third-order valence-electron chi connectivity index (χ3n) is 2.28. The van der Waals surface area contributed by atoms with Gasteiger partial charge in [-0.2, -0.15) is 0 Å². The first-order chi connectivity index (χ1) is 8.82. The second-order valence-electron chi connectivity index (χ2n) is 3.77. The lowest BCUT2D eigenvalue weighted by atomic mass is 10.1. The molecule has 102 valence electrons. The highest BCUT2D eigenvalue weighted by Gasteiger charge is 2.26. The highest BCUT2D eigenvalue weighted by Crippen LogP contribution is 2.08. The summed E-state index contributed by atoms with van der Waals surface area (Å²) >= 11 is 0. The quantitative estimate of drug-likeness (QED) is 0.578. The lowest BCUT2D eigenvalue weighted by molar-refractivity contribution is -0.333. The van der Waals surface area contributed by atoms with Gasteiger partial charge in [0.2, 0.25) is 0 Å². The predicted octanol–water partition coefficient (Wildman–Crippen LogP) is -2.62. The van der Waals surface area contributed by atoms with Crippen molar-refractivity contribution < 1.29 is 34.4 Å². The molecule has 7 heteroatoms. The molecule has 0 aliphatic carbocycles. The van der Waals surface area contributed by atoms with E-state index in [1.807, 2.05) is 0 Å². The van der Waals surface area contributed by atoms with E-state index in [0.29, 0.717) is 0 Å². The summed E-state index contributed by atoms with van der Waals surface area (Å²) in [5, 5.41) is 30.0. The van der Waals surface area contributed by atoms with Crippen LogP contribution in [0.15, 0.2) is 24.3 Å². The molecule has 1 aromatic rings. The van der Waals surface area contributed by atoms with Crippen molar-refractivity contribution in [1.82, 2.24) is 0 Å². The van der Waals surface area contributed by atoms with Crippen molar-refractivity contribution in [3.05, 3.63) is 35.4 Å². The molecule has 2 atom stereocenters. The van der Waals surface area contributed by atoms with Gasteiger partial charge in [-0.05, 0) is 19.1 Å². The number of benzene rings is 1. The Kier molecular flexibility index (Phi) is 4.60. The monoisotopic (exact) mass is 266 g/mol. The Morgan fingerprint density at radius 1 is 1.11 bits per heavy atom. The summed E-state index contributed by atoms with van der Waals surface area (Å²) in [6, 6.07) is 5.91. The van der Waals surface area contributed by atoms with Crippen LogP contribution < -0.4 is 10.2 Å². The van der Waals surface area contributed by atoms with Crippen LogP contribution in [-0.4, -0.2) is 35.2 Å². The third-order valence-corrected chi connectivity index (χ3v) is 2.28. The fourth-order valence-corrected chi connectivity index (χ4v) is 1.24. The van der Waals surface area contributed by atoms with E-state index < -0.39 is 30.1 Å². The number of aryl methyl sites for hydroxylation is 1. The molecule has 0 saturated carbocycles. The van der Waals surface area contributed by atoms with E-state index in [-0.39, 0.29) is 5.56 Å². The van der Waals surface area contributed by atoms with Gasteiger partial charge in [-0.3, -0.25) is 0 Å². The van der Waals surface area contributed by atoms with Crippen molar-refractivity contribution in [3.8, 4) is 0 Å². The fraction of sp³-hybridized carbons (Fsp3) is 0.250. The average Bonchev–Trinajstić information content (AvgIpc) is 2.35. The highest BCUT2D eigenvalue weighted by molar-refractivity contribution is 5.92. The molecule has 0 aromatic heterocycles. The number of hydrogen-bond acceptors (Lipinski definition) is 7. The van der Waals surface area contributed by atoms with Crippen molar-refractivity contribution in [1.29, 1.82) is 0 Å². The van der Waals surface area contributed by atoms with Crippen LogP contribution in [0.5, 0.6) is 0 Å². The summed E-state index contributed by atoms with van der Waals surface area (Å²) in [7, 11) is 0. The predicted molar refractivity (Wildman–Crippen MR) is 56.4 cm³/mol. The highest BCUT2D eigenvalue weighted by atomic mass is 16.6. The molecule has 0 amide bonds. The van der Waals surface area contributed by atoms with Crippen LogP contribution in [0.3, 0.4) is 0 Å². The van der Waals surface area contributed by atoms with Gasteiger partial charge in [0.25, 0.3) is 0 Å². The number of carboxylic acid groups (broad SMARTS) is 2.